The highest BCUT2D eigenvalue weighted by Gasteiger charge is 2.20. The van der Waals surface area contributed by atoms with E-state index in [4.69, 9.17) is 11.6 Å². The van der Waals surface area contributed by atoms with Crippen molar-refractivity contribution in [2.75, 3.05) is 5.32 Å². The summed E-state index contributed by atoms with van der Waals surface area (Å²) < 4.78 is 0. The molecule has 2 N–H and O–H groups in total. The predicted octanol–water partition coefficient (Wildman–Crippen LogP) is 4.82. The van der Waals surface area contributed by atoms with E-state index in [1.54, 1.807) is 12.1 Å². The van der Waals surface area contributed by atoms with E-state index in [-0.39, 0.29) is 5.75 Å². The van der Waals surface area contributed by atoms with E-state index >= 15 is 0 Å². The Balaban J connectivity index is 1.85. The summed E-state index contributed by atoms with van der Waals surface area (Å²) in [6.45, 7) is 2.27. The zero-order valence-corrected chi connectivity index (χ0v) is 11.7. The second-order valence-electron chi connectivity index (χ2n) is 5.32. The van der Waals surface area contributed by atoms with E-state index in [2.05, 4.69) is 12.2 Å². The number of anilines is 1. The van der Waals surface area contributed by atoms with Crippen molar-refractivity contribution in [1.29, 1.82) is 0 Å². The number of nitrogens with one attached hydrogen (secondary N) is 1. The van der Waals surface area contributed by atoms with Gasteiger partial charge in [0.1, 0.15) is 5.75 Å². The number of hydrogen-bond acceptors (Lipinski definition) is 2. The van der Waals surface area contributed by atoms with E-state index in [1.165, 1.54) is 38.5 Å². The Labute approximate surface area is 114 Å². The van der Waals surface area contributed by atoms with Crippen molar-refractivity contribution in [3.63, 3.8) is 0 Å². The molecular formula is C15H22ClNO. The normalized spacial score (nSPS) is 23.9. The van der Waals surface area contributed by atoms with Crippen LogP contribution in [-0.4, -0.2) is 11.1 Å². The third-order valence-electron chi connectivity index (χ3n) is 3.86. The molecule has 0 spiro atoms. The van der Waals surface area contributed by atoms with Gasteiger partial charge >= 0.3 is 0 Å². The van der Waals surface area contributed by atoms with Crippen molar-refractivity contribution in [3.05, 3.63) is 23.2 Å². The lowest BCUT2D eigenvalue weighted by molar-refractivity contribution is 0.319. The molecule has 1 aromatic carbocycles. The lowest BCUT2D eigenvalue weighted by Crippen LogP contribution is -2.26. The number of hydrogen-bond donors (Lipinski definition) is 2. The minimum absolute atomic E-state index is 0.147. The standard InChI is InChI=1S/C15H22ClNO/c1-2-3-11-4-6-12(7-5-11)17-13-8-9-15(18)14(16)10-13/h8-12,17-18H,2-7H2,1H3. The molecule has 1 saturated carbocycles. The van der Waals surface area contributed by atoms with Gasteiger partial charge in [0.05, 0.1) is 5.02 Å². The quantitative estimate of drug-likeness (QED) is 0.767. The SMILES string of the molecule is CCCC1CCC(Nc2ccc(O)c(Cl)c2)CC1. The fraction of sp³-hybridized carbons (Fsp3) is 0.600. The maximum Gasteiger partial charge on any atom is 0.134 e. The van der Waals surface area contributed by atoms with Gasteiger partial charge in [-0.3, -0.25) is 0 Å². The minimum atomic E-state index is 0.147. The fourth-order valence-electron chi connectivity index (χ4n) is 2.84. The van der Waals surface area contributed by atoms with E-state index in [1.807, 2.05) is 6.07 Å². The van der Waals surface area contributed by atoms with Crippen LogP contribution in [0.25, 0.3) is 0 Å². The lowest BCUT2D eigenvalue weighted by atomic mass is 9.83. The minimum Gasteiger partial charge on any atom is -0.506 e. The van der Waals surface area contributed by atoms with E-state index < -0.39 is 0 Å². The molecule has 2 rings (SSSR count). The monoisotopic (exact) mass is 267 g/mol. The molecular weight excluding hydrogens is 246 g/mol. The summed E-state index contributed by atoms with van der Waals surface area (Å²) in [5.74, 6) is 1.07. The molecule has 0 saturated heterocycles. The molecule has 0 radical (unpaired) electrons. The van der Waals surface area contributed by atoms with Crippen molar-refractivity contribution in [2.24, 2.45) is 5.92 Å². The molecule has 0 atom stereocenters. The van der Waals surface area contributed by atoms with Gasteiger partial charge in [0, 0.05) is 11.7 Å². The van der Waals surface area contributed by atoms with Gasteiger partial charge in [-0.25, -0.2) is 0 Å². The molecule has 18 heavy (non-hydrogen) atoms. The average Bonchev–Trinajstić information content (AvgIpc) is 2.37. The van der Waals surface area contributed by atoms with Gasteiger partial charge in [-0.15, -0.1) is 0 Å². The number of phenols is 1. The molecule has 1 aliphatic rings. The molecule has 0 aromatic heterocycles. The van der Waals surface area contributed by atoms with E-state index in [9.17, 15) is 5.11 Å². The maximum absolute atomic E-state index is 9.38. The number of benzene rings is 1. The zero-order valence-electron chi connectivity index (χ0n) is 11.0. The van der Waals surface area contributed by atoms with Gasteiger partial charge in [-0.2, -0.15) is 0 Å². The first-order chi connectivity index (χ1) is 8.69. The van der Waals surface area contributed by atoms with Gasteiger partial charge in [0.25, 0.3) is 0 Å². The molecule has 3 heteroatoms. The molecule has 1 fully saturated rings. The van der Waals surface area contributed by atoms with Crippen molar-refractivity contribution in [1.82, 2.24) is 0 Å². The van der Waals surface area contributed by atoms with Crippen LogP contribution in [0.3, 0.4) is 0 Å². The van der Waals surface area contributed by atoms with Crippen LogP contribution in [0.2, 0.25) is 5.02 Å². The van der Waals surface area contributed by atoms with Crippen LogP contribution >= 0.6 is 11.6 Å². The Morgan fingerprint density at radius 2 is 2.00 bits per heavy atom. The molecule has 1 aliphatic carbocycles. The predicted molar refractivity (Wildman–Crippen MR) is 77.4 cm³/mol. The largest absolute Gasteiger partial charge is 0.506 e. The van der Waals surface area contributed by atoms with E-state index in [0.717, 1.165) is 11.6 Å². The second kappa shape index (κ2) is 6.33. The Morgan fingerprint density at radius 3 is 2.61 bits per heavy atom. The molecule has 2 nitrogen and oxygen atoms in total. The summed E-state index contributed by atoms with van der Waals surface area (Å²) in [5.41, 5.74) is 1.01. The number of rotatable bonds is 4. The average molecular weight is 268 g/mol. The summed E-state index contributed by atoms with van der Waals surface area (Å²) in [4.78, 5) is 0. The number of phenolic OH excluding ortho intramolecular Hbond substituents is 1. The molecule has 100 valence electrons. The molecule has 0 unspecified atom stereocenters. The van der Waals surface area contributed by atoms with Crippen molar-refractivity contribution < 1.29 is 5.11 Å². The van der Waals surface area contributed by atoms with Crippen molar-refractivity contribution >= 4 is 17.3 Å². The van der Waals surface area contributed by atoms with Crippen LogP contribution in [0.15, 0.2) is 18.2 Å². The van der Waals surface area contributed by atoms with Gasteiger partial charge in [-0.05, 0) is 49.8 Å². The summed E-state index contributed by atoms with van der Waals surface area (Å²) in [5, 5.41) is 13.3. The zero-order chi connectivity index (χ0) is 13.0. The molecule has 0 aliphatic heterocycles. The van der Waals surface area contributed by atoms with Crippen LogP contribution in [0, 0.1) is 5.92 Å². The smallest absolute Gasteiger partial charge is 0.134 e. The van der Waals surface area contributed by atoms with Gasteiger partial charge < -0.3 is 10.4 Å². The Morgan fingerprint density at radius 1 is 1.28 bits per heavy atom. The Bertz CT molecular complexity index is 386. The fourth-order valence-corrected chi connectivity index (χ4v) is 3.02. The van der Waals surface area contributed by atoms with Gasteiger partial charge in [-0.1, -0.05) is 31.4 Å². The van der Waals surface area contributed by atoms with Crippen LogP contribution < -0.4 is 5.32 Å². The number of halogens is 1. The van der Waals surface area contributed by atoms with Crippen molar-refractivity contribution in [3.8, 4) is 5.75 Å². The third-order valence-corrected chi connectivity index (χ3v) is 4.16. The van der Waals surface area contributed by atoms with Crippen LogP contribution in [0.1, 0.15) is 45.4 Å². The van der Waals surface area contributed by atoms with Crippen LogP contribution in [0.4, 0.5) is 5.69 Å². The third kappa shape index (κ3) is 3.55. The Kier molecular flexibility index (Phi) is 4.76. The first kappa shape index (κ1) is 13.5. The molecule has 0 bridgehead atoms. The molecule has 1 aromatic rings. The Hall–Kier alpha value is -0.890. The first-order valence-corrected chi connectivity index (χ1v) is 7.32. The highest BCUT2D eigenvalue weighted by Crippen LogP contribution is 2.31. The van der Waals surface area contributed by atoms with Gasteiger partial charge in [0.15, 0.2) is 0 Å². The topological polar surface area (TPSA) is 32.3 Å². The van der Waals surface area contributed by atoms with Gasteiger partial charge in [0.2, 0.25) is 0 Å². The maximum atomic E-state index is 9.38. The van der Waals surface area contributed by atoms with Crippen LogP contribution in [0.5, 0.6) is 5.75 Å². The second-order valence-corrected chi connectivity index (χ2v) is 5.72. The summed E-state index contributed by atoms with van der Waals surface area (Å²) >= 11 is 5.91. The summed E-state index contributed by atoms with van der Waals surface area (Å²) in [7, 11) is 0. The summed E-state index contributed by atoms with van der Waals surface area (Å²) in [6, 6.07) is 5.89. The first-order valence-electron chi connectivity index (χ1n) is 6.94. The summed E-state index contributed by atoms with van der Waals surface area (Å²) in [6.07, 6.45) is 7.81. The van der Waals surface area contributed by atoms with Crippen LogP contribution in [-0.2, 0) is 0 Å². The molecule has 0 amide bonds. The number of aromatic hydroxyl groups is 1. The van der Waals surface area contributed by atoms with E-state index in [0.29, 0.717) is 11.1 Å². The lowest BCUT2D eigenvalue weighted by Gasteiger charge is -2.29. The molecule has 0 heterocycles. The van der Waals surface area contributed by atoms with Crippen molar-refractivity contribution in [2.45, 2.75) is 51.5 Å². The highest BCUT2D eigenvalue weighted by molar-refractivity contribution is 6.32. The highest BCUT2D eigenvalue weighted by atomic mass is 35.5.